The Hall–Kier alpha value is -1.56. The first-order valence-electron chi connectivity index (χ1n) is 12.8. The highest BCUT2D eigenvalue weighted by Gasteiger charge is 2.69. The molecule has 6 heteroatoms. The Morgan fingerprint density at radius 1 is 1.12 bits per heavy atom. The van der Waals surface area contributed by atoms with Gasteiger partial charge in [-0.2, -0.15) is 0 Å². The zero-order valence-electron chi connectivity index (χ0n) is 21.3. The number of ketones is 1. The van der Waals surface area contributed by atoms with E-state index in [0.29, 0.717) is 18.6 Å². The van der Waals surface area contributed by atoms with Crippen molar-refractivity contribution in [3.63, 3.8) is 0 Å². The number of esters is 2. The molecule has 186 valence electrons. The Kier molecular flexibility index (Phi) is 5.48. The van der Waals surface area contributed by atoms with Crippen molar-refractivity contribution in [1.82, 2.24) is 0 Å². The summed E-state index contributed by atoms with van der Waals surface area (Å²) in [4.78, 5) is 38.4. The fourth-order valence-electron chi connectivity index (χ4n) is 8.95. The van der Waals surface area contributed by atoms with Gasteiger partial charge in [-0.05, 0) is 53.9 Å². The van der Waals surface area contributed by atoms with Crippen molar-refractivity contribution in [3.8, 4) is 0 Å². The predicted molar refractivity (Wildman–Crippen MR) is 132 cm³/mol. The first-order valence-corrected chi connectivity index (χ1v) is 13.8. The summed E-state index contributed by atoms with van der Waals surface area (Å²) in [6, 6.07) is 0. The summed E-state index contributed by atoms with van der Waals surface area (Å²) in [5, 5.41) is 2.11. The van der Waals surface area contributed by atoms with Crippen LogP contribution in [0.1, 0.15) is 73.6 Å². The Morgan fingerprint density at radius 2 is 1.85 bits per heavy atom. The minimum atomic E-state index is -0.479. The van der Waals surface area contributed by atoms with Crippen molar-refractivity contribution in [2.45, 2.75) is 85.9 Å². The average Bonchev–Trinajstić information content (AvgIpc) is 3.28. The zero-order valence-corrected chi connectivity index (χ0v) is 22.1. The van der Waals surface area contributed by atoms with Crippen molar-refractivity contribution >= 4 is 29.5 Å². The van der Waals surface area contributed by atoms with Crippen LogP contribution in [0.25, 0.3) is 0 Å². The van der Waals surface area contributed by atoms with E-state index in [1.165, 1.54) is 6.92 Å². The largest absolute Gasteiger partial charge is 0.462 e. The van der Waals surface area contributed by atoms with E-state index in [-0.39, 0.29) is 52.7 Å². The number of rotatable bonds is 2. The van der Waals surface area contributed by atoms with E-state index in [4.69, 9.17) is 9.47 Å². The van der Waals surface area contributed by atoms with Crippen molar-refractivity contribution < 1.29 is 23.9 Å². The zero-order chi connectivity index (χ0) is 24.7. The van der Waals surface area contributed by atoms with Crippen LogP contribution in [0.5, 0.6) is 0 Å². The van der Waals surface area contributed by atoms with Crippen molar-refractivity contribution in [2.24, 2.45) is 39.4 Å². The van der Waals surface area contributed by atoms with Crippen molar-refractivity contribution in [1.29, 1.82) is 0 Å². The molecule has 0 aromatic carbocycles. The lowest BCUT2D eigenvalue weighted by molar-refractivity contribution is -0.211. The molecule has 5 aliphatic rings. The Bertz CT molecular complexity index is 997. The van der Waals surface area contributed by atoms with Crippen LogP contribution in [0.2, 0.25) is 0 Å². The first-order chi connectivity index (χ1) is 15.8. The fourth-order valence-corrected chi connectivity index (χ4v) is 9.88. The molecule has 0 N–H and O–H groups in total. The topological polar surface area (TPSA) is 69.7 Å². The second kappa shape index (κ2) is 7.72. The van der Waals surface area contributed by atoms with Crippen LogP contribution < -0.4 is 0 Å². The van der Waals surface area contributed by atoms with Gasteiger partial charge < -0.3 is 9.47 Å². The van der Waals surface area contributed by atoms with Gasteiger partial charge in [0.25, 0.3) is 0 Å². The molecule has 0 aromatic rings. The van der Waals surface area contributed by atoms with Crippen LogP contribution >= 0.6 is 11.8 Å². The molecule has 2 aliphatic heterocycles. The Balaban J connectivity index is 1.65. The standard InChI is InChI=1S/C28H38O5S/c1-16(29)32-22-13-19-25(2,3)21(30)8-11-26(19,4)18-7-10-27(5)20(28(18,22)6)14-23(31)33-24(27)17-9-12-34-15-17/h9,12,14,17-19,22,24H,7-8,10-11,13,15H2,1-6H3/t17?,18?,19?,22-,24+,26-,27-,28-/m1/s1. The molecule has 2 heterocycles. The SMILES string of the molecule is CC(=O)O[C@@H]1CC2C(C)(C)C(=O)CC[C@]2(C)C2CC[C@]3(C)C(=CC(=O)O[C@H]3C3C=CSC3)[C@@]21C. The number of thioether (sulfide) groups is 1. The molecule has 8 atom stereocenters. The van der Waals surface area contributed by atoms with Gasteiger partial charge in [-0.1, -0.05) is 40.7 Å². The number of carbonyl (C=O) groups is 3. The van der Waals surface area contributed by atoms with Gasteiger partial charge in [0.2, 0.25) is 0 Å². The molecule has 5 nitrogen and oxygen atoms in total. The molecular weight excluding hydrogens is 448 g/mol. The van der Waals surface area contributed by atoms with Crippen LogP contribution in [0.3, 0.4) is 0 Å². The maximum atomic E-state index is 13.0. The molecule has 0 saturated heterocycles. The highest BCUT2D eigenvalue weighted by Crippen LogP contribution is 2.72. The summed E-state index contributed by atoms with van der Waals surface area (Å²) in [5.74, 6) is 1.19. The highest BCUT2D eigenvalue weighted by molar-refractivity contribution is 8.02. The number of carbonyl (C=O) groups excluding carboxylic acids is 3. The number of cyclic esters (lactones) is 1. The highest BCUT2D eigenvalue weighted by atomic mass is 32.2. The van der Waals surface area contributed by atoms with Crippen LogP contribution in [-0.2, 0) is 23.9 Å². The van der Waals surface area contributed by atoms with Gasteiger partial charge >= 0.3 is 11.9 Å². The molecule has 3 aliphatic carbocycles. The lowest BCUT2D eigenvalue weighted by Gasteiger charge is -2.68. The molecule has 0 spiro atoms. The van der Waals surface area contributed by atoms with Crippen LogP contribution in [0, 0.1) is 39.4 Å². The number of ether oxygens (including phenoxy) is 2. The molecule has 3 unspecified atom stereocenters. The lowest BCUT2D eigenvalue weighted by atomic mass is 9.37. The quantitative estimate of drug-likeness (QED) is 0.481. The van der Waals surface area contributed by atoms with Crippen LogP contribution in [0.4, 0.5) is 0 Å². The molecule has 0 bridgehead atoms. The number of hydrogen-bond acceptors (Lipinski definition) is 6. The molecule has 0 aromatic heterocycles. The third-order valence-corrected chi connectivity index (χ3v) is 11.5. The number of Topliss-reactive ketones (excluding diaryl/α,β-unsaturated/α-hetero) is 1. The summed E-state index contributed by atoms with van der Waals surface area (Å²) in [7, 11) is 0. The molecular formula is C28H38O5S. The molecule has 5 rings (SSSR count). The minimum absolute atomic E-state index is 0.0645. The molecule has 3 fully saturated rings. The smallest absolute Gasteiger partial charge is 0.331 e. The van der Waals surface area contributed by atoms with E-state index in [2.05, 4.69) is 46.1 Å². The second-order valence-corrected chi connectivity index (χ2v) is 13.5. The van der Waals surface area contributed by atoms with Gasteiger partial charge in [-0.25, -0.2) is 4.79 Å². The van der Waals surface area contributed by atoms with Crippen molar-refractivity contribution in [3.05, 3.63) is 23.1 Å². The molecule has 34 heavy (non-hydrogen) atoms. The second-order valence-electron chi connectivity index (χ2n) is 12.6. The summed E-state index contributed by atoms with van der Waals surface area (Å²) in [6.07, 6.45) is 7.32. The maximum Gasteiger partial charge on any atom is 0.331 e. The molecule has 0 radical (unpaired) electrons. The van der Waals surface area contributed by atoms with E-state index in [1.54, 1.807) is 17.8 Å². The maximum absolute atomic E-state index is 13.0. The monoisotopic (exact) mass is 486 g/mol. The minimum Gasteiger partial charge on any atom is -0.462 e. The third-order valence-electron chi connectivity index (χ3n) is 10.6. The number of hydrogen-bond donors (Lipinski definition) is 0. The lowest BCUT2D eigenvalue weighted by Crippen LogP contribution is -2.67. The summed E-state index contributed by atoms with van der Waals surface area (Å²) in [6.45, 7) is 12.5. The molecule has 0 amide bonds. The molecule has 3 saturated carbocycles. The average molecular weight is 487 g/mol. The Labute approximate surface area is 207 Å². The van der Waals surface area contributed by atoms with E-state index in [9.17, 15) is 14.4 Å². The third kappa shape index (κ3) is 3.16. The van der Waals surface area contributed by atoms with Crippen LogP contribution in [0.15, 0.2) is 23.1 Å². The predicted octanol–water partition coefficient (Wildman–Crippen LogP) is 5.48. The first kappa shape index (κ1) is 24.1. The van der Waals surface area contributed by atoms with Gasteiger partial charge in [0, 0.05) is 47.3 Å². The van der Waals surface area contributed by atoms with Crippen LogP contribution in [-0.4, -0.2) is 35.7 Å². The van der Waals surface area contributed by atoms with E-state index in [0.717, 1.165) is 30.6 Å². The normalized spacial score (nSPS) is 47.1. The Morgan fingerprint density at radius 3 is 2.50 bits per heavy atom. The summed E-state index contributed by atoms with van der Waals surface area (Å²) >= 11 is 1.77. The number of fused-ring (bicyclic) bond motifs is 5. The van der Waals surface area contributed by atoms with Gasteiger partial charge in [0.05, 0.1) is 0 Å². The van der Waals surface area contributed by atoms with Gasteiger partial charge in [-0.3, -0.25) is 9.59 Å². The van der Waals surface area contributed by atoms with Crippen molar-refractivity contribution in [2.75, 3.05) is 5.75 Å². The van der Waals surface area contributed by atoms with E-state index < -0.39 is 10.8 Å². The van der Waals surface area contributed by atoms with Gasteiger partial charge in [-0.15, -0.1) is 11.8 Å². The van der Waals surface area contributed by atoms with Gasteiger partial charge in [0.1, 0.15) is 18.0 Å². The van der Waals surface area contributed by atoms with E-state index >= 15 is 0 Å². The van der Waals surface area contributed by atoms with Gasteiger partial charge in [0.15, 0.2) is 0 Å². The summed E-state index contributed by atoms with van der Waals surface area (Å²) in [5.41, 5.74) is -0.204. The fraction of sp³-hybridized carbons (Fsp3) is 0.750. The van der Waals surface area contributed by atoms with E-state index in [1.807, 2.05) is 0 Å². The summed E-state index contributed by atoms with van der Waals surface area (Å²) < 4.78 is 12.1.